The average Bonchev–Trinajstić information content (AvgIpc) is 2.79. The minimum Gasteiger partial charge on any atom is -0.478 e. The van der Waals surface area contributed by atoms with Crippen molar-refractivity contribution in [2.45, 2.75) is 9.64 Å². The Morgan fingerprint density at radius 2 is 1.07 bits per heavy atom. The molecule has 0 amide bonds. The van der Waals surface area contributed by atoms with Crippen LogP contribution in [0.15, 0.2) is 120 Å². The number of benzene rings is 4. The minimum atomic E-state index is -0.919. The summed E-state index contributed by atoms with van der Waals surface area (Å²) in [6, 6.07) is 38.3. The van der Waals surface area contributed by atoms with E-state index in [1.54, 1.807) is 30.0 Å². The van der Waals surface area contributed by atoms with Crippen molar-refractivity contribution in [1.82, 2.24) is 0 Å². The van der Waals surface area contributed by atoms with Crippen LogP contribution in [0.1, 0.15) is 27.0 Å². The van der Waals surface area contributed by atoms with E-state index in [1.165, 1.54) is 0 Å². The molecule has 0 bridgehead atoms. The van der Waals surface area contributed by atoms with Crippen molar-refractivity contribution in [2.24, 2.45) is 0 Å². The zero-order valence-electron chi connectivity index (χ0n) is 15.7. The first kappa shape index (κ1) is 19.0. The van der Waals surface area contributed by atoms with Gasteiger partial charge in [0.25, 0.3) is 0 Å². The molecular weight excluding hydrogens is 376 g/mol. The topological polar surface area (TPSA) is 37.3 Å². The quantitative estimate of drug-likeness (QED) is 0.300. The number of rotatable bonds is 6. The number of thioether (sulfide) groups is 1. The summed E-state index contributed by atoms with van der Waals surface area (Å²) in [7, 11) is 0. The van der Waals surface area contributed by atoms with E-state index in [-0.39, 0.29) is 5.56 Å². The standard InChI is InChI=1S/C26H20O2S/c27-25(28)20-11-10-18-24(19-20)29-26(21-12-4-1-5-13-21,22-14-6-2-7-15-22)23-16-8-3-9-17-23/h1-19H,(H,27,28). The molecule has 0 spiro atoms. The van der Waals surface area contributed by atoms with Crippen molar-refractivity contribution < 1.29 is 9.90 Å². The molecule has 0 aromatic heterocycles. The van der Waals surface area contributed by atoms with Crippen LogP contribution in [0.25, 0.3) is 0 Å². The molecule has 1 N–H and O–H groups in total. The summed E-state index contributed by atoms with van der Waals surface area (Å²) >= 11 is 1.66. The van der Waals surface area contributed by atoms with Gasteiger partial charge in [0.15, 0.2) is 0 Å². The van der Waals surface area contributed by atoms with Gasteiger partial charge in [-0.1, -0.05) is 97.1 Å². The van der Waals surface area contributed by atoms with Crippen LogP contribution in [-0.4, -0.2) is 11.1 Å². The van der Waals surface area contributed by atoms with Crippen LogP contribution < -0.4 is 0 Å². The van der Waals surface area contributed by atoms with Crippen LogP contribution in [0.3, 0.4) is 0 Å². The summed E-state index contributed by atoms with van der Waals surface area (Å²) in [6.45, 7) is 0. The van der Waals surface area contributed by atoms with Gasteiger partial charge in [-0.05, 0) is 34.9 Å². The van der Waals surface area contributed by atoms with Crippen LogP contribution in [0, 0.1) is 0 Å². The third-order valence-corrected chi connectivity index (χ3v) is 6.40. The maximum absolute atomic E-state index is 11.5. The van der Waals surface area contributed by atoms with Crippen LogP contribution in [0.5, 0.6) is 0 Å². The number of carbonyl (C=O) groups is 1. The molecule has 0 radical (unpaired) electrons. The van der Waals surface area contributed by atoms with Gasteiger partial charge in [-0.15, -0.1) is 11.8 Å². The Bertz CT molecular complexity index is 996. The summed E-state index contributed by atoms with van der Waals surface area (Å²) in [5.41, 5.74) is 3.72. The average molecular weight is 397 g/mol. The van der Waals surface area contributed by atoms with Crippen LogP contribution in [0.4, 0.5) is 0 Å². The smallest absolute Gasteiger partial charge is 0.335 e. The van der Waals surface area contributed by atoms with Gasteiger partial charge in [0.05, 0.1) is 10.3 Å². The summed E-state index contributed by atoms with van der Waals surface area (Å²) in [5, 5.41) is 9.45. The highest BCUT2D eigenvalue weighted by molar-refractivity contribution is 8.00. The molecule has 0 saturated carbocycles. The lowest BCUT2D eigenvalue weighted by Crippen LogP contribution is -2.25. The lowest BCUT2D eigenvalue weighted by Gasteiger charge is -2.35. The summed E-state index contributed by atoms with van der Waals surface area (Å²) in [5.74, 6) is -0.919. The Labute approximate surface area is 174 Å². The van der Waals surface area contributed by atoms with Gasteiger partial charge in [0.1, 0.15) is 0 Å². The van der Waals surface area contributed by atoms with E-state index >= 15 is 0 Å². The zero-order valence-corrected chi connectivity index (χ0v) is 16.5. The fraction of sp³-hybridized carbons (Fsp3) is 0.0385. The summed E-state index contributed by atoms with van der Waals surface area (Å²) in [4.78, 5) is 12.4. The number of aromatic carboxylic acids is 1. The molecule has 0 fully saturated rings. The summed E-state index contributed by atoms with van der Waals surface area (Å²) < 4.78 is -0.513. The van der Waals surface area contributed by atoms with Crippen molar-refractivity contribution in [3.8, 4) is 0 Å². The van der Waals surface area contributed by atoms with Gasteiger partial charge < -0.3 is 5.11 Å². The molecule has 0 atom stereocenters. The second-order valence-electron chi connectivity index (χ2n) is 6.71. The Balaban J connectivity index is 1.98. The molecule has 0 aliphatic heterocycles. The molecule has 0 aliphatic carbocycles. The highest BCUT2D eigenvalue weighted by Crippen LogP contribution is 2.51. The van der Waals surface area contributed by atoms with Crippen molar-refractivity contribution in [1.29, 1.82) is 0 Å². The lowest BCUT2D eigenvalue weighted by molar-refractivity contribution is 0.0696. The molecule has 2 nitrogen and oxygen atoms in total. The van der Waals surface area contributed by atoms with E-state index in [9.17, 15) is 9.90 Å². The number of hydrogen-bond donors (Lipinski definition) is 1. The molecule has 142 valence electrons. The predicted octanol–water partition coefficient (Wildman–Crippen LogP) is 6.47. The Kier molecular flexibility index (Phi) is 5.50. The molecular formula is C26H20O2S. The van der Waals surface area contributed by atoms with E-state index in [4.69, 9.17) is 0 Å². The fourth-order valence-electron chi connectivity index (χ4n) is 3.56. The largest absolute Gasteiger partial charge is 0.478 e. The second kappa shape index (κ2) is 8.38. The second-order valence-corrected chi connectivity index (χ2v) is 8.00. The predicted molar refractivity (Wildman–Crippen MR) is 118 cm³/mol. The first-order valence-electron chi connectivity index (χ1n) is 9.39. The van der Waals surface area contributed by atoms with Gasteiger partial charge in [0, 0.05) is 4.90 Å². The van der Waals surface area contributed by atoms with E-state index in [0.717, 1.165) is 21.6 Å². The Morgan fingerprint density at radius 3 is 1.48 bits per heavy atom. The highest BCUT2D eigenvalue weighted by Gasteiger charge is 2.37. The lowest BCUT2D eigenvalue weighted by atomic mass is 9.84. The van der Waals surface area contributed by atoms with Crippen molar-refractivity contribution in [3.05, 3.63) is 138 Å². The third-order valence-electron chi connectivity index (χ3n) is 4.89. The monoisotopic (exact) mass is 396 g/mol. The van der Waals surface area contributed by atoms with Gasteiger partial charge in [-0.2, -0.15) is 0 Å². The van der Waals surface area contributed by atoms with E-state index in [2.05, 4.69) is 36.4 Å². The molecule has 4 aromatic rings. The van der Waals surface area contributed by atoms with Crippen LogP contribution >= 0.6 is 11.8 Å². The molecule has 0 unspecified atom stereocenters. The number of carboxylic acids is 1. The van der Waals surface area contributed by atoms with Gasteiger partial charge >= 0.3 is 5.97 Å². The van der Waals surface area contributed by atoms with E-state index < -0.39 is 10.7 Å². The SMILES string of the molecule is O=C(O)c1cccc(SC(c2ccccc2)(c2ccccc2)c2ccccc2)c1. The molecule has 0 aliphatic rings. The van der Waals surface area contributed by atoms with Gasteiger partial charge in [-0.3, -0.25) is 0 Å². The first-order chi connectivity index (χ1) is 14.2. The molecule has 4 rings (SSSR count). The highest BCUT2D eigenvalue weighted by atomic mass is 32.2. The van der Waals surface area contributed by atoms with Crippen LogP contribution in [0.2, 0.25) is 0 Å². The van der Waals surface area contributed by atoms with Crippen LogP contribution in [-0.2, 0) is 4.75 Å². The molecule has 0 saturated heterocycles. The first-order valence-corrected chi connectivity index (χ1v) is 10.2. The van der Waals surface area contributed by atoms with Crippen molar-refractivity contribution >= 4 is 17.7 Å². The van der Waals surface area contributed by atoms with Crippen molar-refractivity contribution in [2.75, 3.05) is 0 Å². The molecule has 3 heteroatoms. The van der Waals surface area contributed by atoms with E-state index in [1.807, 2.05) is 60.7 Å². The molecule has 29 heavy (non-hydrogen) atoms. The van der Waals surface area contributed by atoms with Gasteiger partial charge in [0.2, 0.25) is 0 Å². The molecule has 4 aromatic carbocycles. The number of hydrogen-bond acceptors (Lipinski definition) is 2. The van der Waals surface area contributed by atoms with E-state index in [0.29, 0.717) is 0 Å². The van der Waals surface area contributed by atoms with Crippen molar-refractivity contribution in [3.63, 3.8) is 0 Å². The maximum Gasteiger partial charge on any atom is 0.335 e. The molecule has 0 heterocycles. The third kappa shape index (κ3) is 3.82. The Morgan fingerprint density at radius 1 is 0.621 bits per heavy atom. The number of carboxylic acid groups (broad SMARTS) is 1. The Hall–Kier alpha value is -3.30. The van der Waals surface area contributed by atoms with Gasteiger partial charge in [-0.25, -0.2) is 4.79 Å². The zero-order chi connectivity index (χ0) is 20.1. The minimum absolute atomic E-state index is 0.290. The fourth-order valence-corrected chi connectivity index (χ4v) is 5.01. The maximum atomic E-state index is 11.5. The normalized spacial score (nSPS) is 11.2. The summed E-state index contributed by atoms with van der Waals surface area (Å²) in [6.07, 6.45) is 0.